The van der Waals surface area contributed by atoms with E-state index in [1.54, 1.807) is 24.7 Å². The van der Waals surface area contributed by atoms with Crippen LogP contribution in [-0.2, 0) is 23.1 Å². The molecule has 0 spiro atoms. The summed E-state index contributed by atoms with van der Waals surface area (Å²) >= 11 is 0. The van der Waals surface area contributed by atoms with Crippen molar-refractivity contribution in [3.05, 3.63) is 23.5 Å². The number of nitrogens with one attached hydrogen (secondary N) is 2. The summed E-state index contributed by atoms with van der Waals surface area (Å²) in [5.41, 5.74) is 0.962. The second-order valence-corrected chi connectivity index (χ2v) is 5.82. The molecule has 0 aliphatic rings. The molecule has 0 atom stereocenters. The number of aryl methyl sites for hydroxylation is 3. The molecule has 0 saturated heterocycles. The van der Waals surface area contributed by atoms with E-state index in [9.17, 15) is 8.42 Å². The summed E-state index contributed by atoms with van der Waals surface area (Å²) in [6.45, 7) is 6.04. The lowest BCUT2D eigenvalue weighted by Gasteiger charge is -2.07. The third kappa shape index (κ3) is 2.66. The molecular weight excluding hydrogens is 268 g/mol. The van der Waals surface area contributed by atoms with Crippen LogP contribution in [0.1, 0.15) is 24.1 Å². The van der Waals surface area contributed by atoms with E-state index in [1.807, 2.05) is 6.92 Å². The van der Waals surface area contributed by atoms with Gasteiger partial charge in [0, 0.05) is 6.54 Å². The summed E-state index contributed by atoms with van der Waals surface area (Å²) in [5.74, 6) is 0.574. The van der Waals surface area contributed by atoms with Gasteiger partial charge in [0.05, 0.1) is 17.9 Å². The van der Waals surface area contributed by atoms with Crippen LogP contribution in [0, 0.1) is 13.8 Å². The van der Waals surface area contributed by atoms with Gasteiger partial charge in [-0.3, -0.25) is 5.10 Å². The van der Waals surface area contributed by atoms with E-state index in [0.29, 0.717) is 23.8 Å². The predicted octanol–water partition coefficient (Wildman–Crippen LogP) is 0.116. The molecule has 2 N–H and O–H groups in total. The fraction of sp³-hybridized carbons (Fsp3) is 0.500. The lowest BCUT2D eigenvalue weighted by Crippen LogP contribution is -2.25. The molecule has 9 heteroatoms. The summed E-state index contributed by atoms with van der Waals surface area (Å²) in [6, 6.07) is 0. The van der Waals surface area contributed by atoms with Crippen molar-refractivity contribution < 1.29 is 8.42 Å². The lowest BCUT2D eigenvalue weighted by molar-refractivity contribution is 0.574. The van der Waals surface area contributed by atoms with E-state index in [4.69, 9.17) is 0 Å². The fourth-order valence-electron chi connectivity index (χ4n) is 1.85. The van der Waals surface area contributed by atoms with Crippen LogP contribution in [0.15, 0.2) is 11.2 Å². The quantitative estimate of drug-likeness (QED) is 0.811. The third-order valence-corrected chi connectivity index (χ3v) is 4.45. The number of sulfonamides is 1. The highest BCUT2D eigenvalue weighted by molar-refractivity contribution is 7.89. The number of nitrogens with zero attached hydrogens (tertiary/aromatic N) is 4. The van der Waals surface area contributed by atoms with Crippen LogP contribution in [0.3, 0.4) is 0 Å². The van der Waals surface area contributed by atoms with E-state index in [1.165, 1.54) is 0 Å². The van der Waals surface area contributed by atoms with Crippen molar-refractivity contribution in [2.24, 2.45) is 0 Å². The van der Waals surface area contributed by atoms with Crippen LogP contribution in [0.25, 0.3) is 0 Å². The first kappa shape index (κ1) is 13.7. The Hall–Kier alpha value is -1.74. The average Bonchev–Trinajstić information content (AvgIpc) is 2.93. The molecule has 0 aromatic carbocycles. The van der Waals surface area contributed by atoms with Gasteiger partial charge >= 0.3 is 0 Å². The number of aromatic nitrogens is 5. The molecule has 2 rings (SSSR count). The molecule has 0 aliphatic carbocycles. The Bertz CT molecular complexity index is 653. The van der Waals surface area contributed by atoms with Gasteiger partial charge in [0.2, 0.25) is 10.0 Å². The van der Waals surface area contributed by atoms with Crippen molar-refractivity contribution >= 4 is 10.0 Å². The smallest absolute Gasteiger partial charge is 0.244 e. The van der Waals surface area contributed by atoms with Gasteiger partial charge in [0.1, 0.15) is 17.0 Å². The monoisotopic (exact) mass is 284 g/mol. The highest BCUT2D eigenvalue weighted by Crippen LogP contribution is 2.16. The summed E-state index contributed by atoms with van der Waals surface area (Å²) in [4.78, 5) is 0.190. The second kappa shape index (κ2) is 5.10. The maximum atomic E-state index is 12.2. The molecule has 0 fully saturated rings. The maximum absolute atomic E-state index is 12.2. The van der Waals surface area contributed by atoms with E-state index in [2.05, 4.69) is 25.1 Å². The van der Waals surface area contributed by atoms with Crippen LogP contribution in [0.4, 0.5) is 0 Å². The Labute approximate surface area is 111 Å². The summed E-state index contributed by atoms with van der Waals surface area (Å²) in [7, 11) is -3.60. The second-order valence-electron chi connectivity index (χ2n) is 4.12. The molecule has 2 aromatic heterocycles. The van der Waals surface area contributed by atoms with Crippen molar-refractivity contribution in [1.82, 2.24) is 29.7 Å². The maximum Gasteiger partial charge on any atom is 0.244 e. The number of hydrogen-bond donors (Lipinski definition) is 2. The zero-order valence-corrected chi connectivity index (χ0v) is 11.8. The molecule has 0 bridgehead atoms. The first-order valence-electron chi connectivity index (χ1n) is 5.83. The zero-order chi connectivity index (χ0) is 14.0. The van der Waals surface area contributed by atoms with Crippen LogP contribution in [0.2, 0.25) is 0 Å². The summed E-state index contributed by atoms with van der Waals surface area (Å²) in [5, 5.41) is 14.2. The minimum absolute atomic E-state index is 0.0975. The number of H-pyrrole nitrogens is 1. The predicted molar refractivity (Wildman–Crippen MR) is 67.8 cm³/mol. The largest absolute Gasteiger partial charge is 0.317 e. The molecule has 0 aliphatic heterocycles. The lowest BCUT2D eigenvalue weighted by atomic mass is 10.4. The van der Waals surface area contributed by atoms with Crippen molar-refractivity contribution in [2.45, 2.75) is 38.8 Å². The van der Waals surface area contributed by atoms with Crippen molar-refractivity contribution in [3.8, 4) is 0 Å². The third-order valence-electron chi connectivity index (χ3n) is 2.79. The van der Waals surface area contributed by atoms with E-state index >= 15 is 0 Å². The molecule has 2 heterocycles. The van der Waals surface area contributed by atoms with Gasteiger partial charge in [-0.25, -0.2) is 13.1 Å². The first-order chi connectivity index (χ1) is 8.95. The first-order valence-corrected chi connectivity index (χ1v) is 7.32. The Morgan fingerprint density at radius 1 is 1.42 bits per heavy atom. The van der Waals surface area contributed by atoms with E-state index in [0.717, 1.165) is 0 Å². The fourth-order valence-corrected chi connectivity index (χ4v) is 3.20. The van der Waals surface area contributed by atoms with E-state index < -0.39 is 10.0 Å². The topological polar surface area (TPSA) is 106 Å². The Kier molecular flexibility index (Phi) is 3.67. The summed E-state index contributed by atoms with van der Waals surface area (Å²) < 4.78 is 28.7. The Balaban J connectivity index is 2.19. The Morgan fingerprint density at radius 2 is 2.16 bits per heavy atom. The van der Waals surface area contributed by atoms with Crippen molar-refractivity contribution in [2.75, 3.05) is 0 Å². The van der Waals surface area contributed by atoms with E-state index in [-0.39, 0.29) is 11.4 Å². The molecule has 0 amide bonds. The van der Waals surface area contributed by atoms with Crippen molar-refractivity contribution in [3.63, 3.8) is 0 Å². The van der Waals surface area contributed by atoms with Crippen LogP contribution >= 0.6 is 0 Å². The normalized spacial score (nSPS) is 11.9. The van der Waals surface area contributed by atoms with Gasteiger partial charge in [-0.1, -0.05) is 0 Å². The molecule has 0 saturated carbocycles. The molecule has 104 valence electrons. The molecule has 0 radical (unpaired) electrons. The highest BCUT2D eigenvalue weighted by Gasteiger charge is 2.22. The number of hydrogen-bond acceptors (Lipinski definition) is 5. The van der Waals surface area contributed by atoms with Gasteiger partial charge < -0.3 is 4.57 Å². The van der Waals surface area contributed by atoms with Crippen LogP contribution in [-0.4, -0.2) is 33.4 Å². The Morgan fingerprint density at radius 3 is 2.74 bits per heavy atom. The standard InChI is InChI=1S/C10H16N6O2S/c1-4-16-6-11-15-9(16)5-12-19(17,18)10-7(2)13-14-8(10)3/h6,12H,4-5H2,1-3H3,(H,13,14). The molecular formula is C10H16N6O2S. The molecule has 0 unspecified atom stereocenters. The number of rotatable bonds is 5. The molecule has 19 heavy (non-hydrogen) atoms. The SMILES string of the molecule is CCn1cnnc1CNS(=O)(=O)c1c(C)n[nH]c1C. The summed E-state index contributed by atoms with van der Waals surface area (Å²) in [6.07, 6.45) is 1.57. The molecule has 8 nitrogen and oxygen atoms in total. The van der Waals surface area contributed by atoms with Gasteiger partial charge in [-0.15, -0.1) is 10.2 Å². The van der Waals surface area contributed by atoms with Gasteiger partial charge in [-0.2, -0.15) is 5.10 Å². The molecule has 2 aromatic rings. The zero-order valence-electron chi connectivity index (χ0n) is 11.0. The average molecular weight is 284 g/mol. The minimum Gasteiger partial charge on any atom is -0.317 e. The highest BCUT2D eigenvalue weighted by atomic mass is 32.2. The van der Waals surface area contributed by atoms with Gasteiger partial charge in [-0.05, 0) is 20.8 Å². The number of aromatic amines is 1. The van der Waals surface area contributed by atoms with Gasteiger partial charge in [0.15, 0.2) is 0 Å². The van der Waals surface area contributed by atoms with Gasteiger partial charge in [0.25, 0.3) is 0 Å². The van der Waals surface area contributed by atoms with Crippen LogP contribution < -0.4 is 4.72 Å². The minimum atomic E-state index is -3.60. The van der Waals surface area contributed by atoms with Crippen molar-refractivity contribution in [1.29, 1.82) is 0 Å². The van der Waals surface area contributed by atoms with Crippen LogP contribution in [0.5, 0.6) is 0 Å².